The van der Waals surface area contributed by atoms with Gasteiger partial charge < -0.3 is 15.7 Å². The van der Waals surface area contributed by atoms with E-state index in [0.717, 1.165) is 32.2 Å². The topological polar surface area (TPSA) is 91.8 Å². The van der Waals surface area contributed by atoms with Crippen molar-refractivity contribution >= 4 is 55.5 Å². The predicted octanol–water partition coefficient (Wildman–Crippen LogP) is 3.51. The Labute approximate surface area is 157 Å². The second-order valence-electron chi connectivity index (χ2n) is 6.63. The lowest BCUT2D eigenvalue weighted by Crippen LogP contribution is -2.38. The average Bonchev–Trinajstić information content (AvgIpc) is 3.23. The molecular weight excluding hydrogens is 368 g/mol. The maximum atomic E-state index is 11.3. The molecule has 0 saturated heterocycles. The molecule has 1 atom stereocenters. The van der Waals surface area contributed by atoms with Gasteiger partial charge >= 0.3 is 5.97 Å². The zero-order valence-corrected chi connectivity index (χ0v) is 15.4. The molecule has 2 aromatic heterocycles. The first kappa shape index (κ1) is 15.8. The largest absolute Gasteiger partial charge is 0.481 e. The summed E-state index contributed by atoms with van der Waals surface area (Å²) in [7, 11) is 0. The van der Waals surface area contributed by atoms with E-state index in [1.807, 2.05) is 22.5 Å². The zero-order chi connectivity index (χ0) is 17.8. The van der Waals surface area contributed by atoms with Gasteiger partial charge in [-0.2, -0.15) is 0 Å². The monoisotopic (exact) mass is 384 g/mol. The van der Waals surface area contributed by atoms with Crippen LogP contribution in [-0.2, 0) is 24.2 Å². The number of hydrogen-bond donors (Lipinski definition) is 2. The number of aliphatic carboxylic acids is 1. The number of nitrogens with zero attached hydrogens (tertiary/aromatic N) is 3. The second-order valence-corrected chi connectivity index (χ2v) is 8.60. The molecule has 3 aromatic rings. The molecule has 6 nitrogen and oxygen atoms in total. The van der Waals surface area contributed by atoms with Gasteiger partial charge in [-0.3, -0.25) is 4.79 Å². The summed E-state index contributed by atoms with van der Waals surface area (Å²) in [5.74, 6) is -0.506. The van der Waals surface area contributed by atoms with E-state index in [2.05, 4.69) is 16.0 Å². The van der Waals surface area contributed by atoms with Crippen LogP contribution < -0.4 is 10.6 Å². The van der Waals surface area contributed by atoms with Crippen molar-refractivity contribution in [3.05, 3.63) is 39.7 Å². The standard InChI is InChI=1S/C18H16N4O2S2/c19-18-21-16-12(11-3-1-9(17(23)24)5-14(11)26-16)7-22(18)10-2-4-13-15(6-10)25-8-20-13/h2,4,6,8-9H,1,3,5,7H2,(H2,19,21)(H,23,24). The number of aliphatic imine (C=N–C) groups is 1. The summed E-state index contributed by atoms with van der Waals surface area (Å²) in [6.07, 6.45) is 2.09. The summed E-state index contributed by atoms with van der Waals surface area (Å²) < 4.78 is 1.12. The Morgan fingerprint density at radius 1 is 1.35 bits per heavy atom. The third-order valence-corrected chi connectivity index (χ3v) is 7.12. The summed E-state index contributed by atoms with van der Waals surface area (Å²) in [6.45, 7) is 0.679. The maximum absolute atomic E-state index is 11.3. The fourth-order valence-electron chi connectivity index (χ4n) is 3.74. The first-order valence-corrected chi connectivity index (χ1v) is 10.1. The third kappa shape index (κ3) is 2.40. The number of nitrogens with two attached hydrogens (primary N) is 1. The first-order chi connectivity index (χ1) is 12.6. The molecule has 0 spiro atoms. The van der Waals surface area contributed by atoms with Gasteiger partial charge in [-0.15, -0.1) is 22.7 Å². The second kappa shape index (κ2) is 5.78. The van der Waals surface area contributed by atoms with E-state index < -0.39 is 5.97 Å². The number of hydrogen-bond acceptors (Lipinski definition) is 7. The fourth-order valence-corrected chi connectivity index (χ4v) is 5.77. The highest BCUT2D eigenvalue weighted by Crippen LogP contribution is 2.44. The van der Waals surface area contributed by atoms with Gasteiger partial charge in [-0.05, 0) is 43.0 Å². The van der Waals surface area contributed by atoms with Crippen molar-refractivity contribution in [2.45, 2.75) is 25.8 Å². The number of anilines is 1. The van der Waals surface area contributed by atoms with E-state index in [9.17, 15) is 9.90 Å². The summed E-state index contributed by atoms with van der Waals surface area (Å²) in [4.78, 5) is 23.5. The lowest BCUT2D eigenvalue weighted by Gasteiger charge is -2.28. The van der Waals surface area contributed by atoms with Crippen LogP contribution >= 0.6 is 22.7 Å². The van der Waals surface area contributed by atoms with Crippen molar-refractivity contribution in [3.8, 4) is 0 Å². The van der Waals surface area contributed by atoms with Crippen molar-refractivity contribution in [1.82, 2.24) is 4.98 Å². The molecule has 0 fully saturated rings. The van der Waals surface area contributed by atoms with Crippen molar-refractivity contribution in [2.24, 2.45) is 16.6 Å². The Balaban J connectivity index is 1.52. The molecule has 1 aliphatic carbocycles. The molecule has 0 radical (unpaired) electrons. The number of carboxylic acid groups (broad SMARTS) is 1. The molecule has 0 bridgehead atoms. The van der Waals surface area contributed by atoms with Gasteiger partial charge in [0.2, 0.25) is 5.96 Å². The molecule has 1 aliphatic heterocycles. The minimum atomic E-state index is -0.704. The molecular formula is C18H16N4O2S2. The normalized spacial score (nSPS) is 19.2. The van der Waals surface area contributed by atoms with Crippen LogP contribution in [-0.4, -0.2) is 22.0 Å². The number of guanidine groups is 1. The quantitative estimate of drug-likeness (QED) is 0.705. The van der Waals surface area contributed by atoms with Crippen LogP contribution in [0.4, 0.5) is 10.7 Å². The Hall–Kier alpha value is -2.45. The Morgan fingerprint density at radius 2 is 2.23 bits per heavy atom. The van der Waals surface area contributed by atoms with E-state index in [4.69, 9.17) is 5.73 Å². The highest BCUT2D eigenvalue weighted by Gasteiger charge is 2.32. The highest BCUT2D eigenvalue weighted by molar-refractivity contribution is 7.17. The van der Waals surface area contributed by atoms with Crippen LogP contribution in [0.3, 0.4) is 0 Å². The molecule has 132 valence electrons. The molecule has 26 heavy (non-hydrogen) atoms. The lowest BCUT2D eigenvalue weighted by atomic mass is 9.87. The predicted molar refractivity (Wildman–Crippen MR) is 105 cm³/mol. The van der Waals surface area contributed by atoms with Crippen LogP contribution in [0.1, 0.15) is 22.4 Å². The van der Waals surface area contributed by atoms with Crippen LogP contribution in [0.25, 0.3) is 10.2 Å². The van der Waals surface area contributed by atoms with Gasteiger partial charge in [-0.25, -0.2) is 9.98 Å². The molecule has 0 saturated carbocycles. The van der Waals surface area contributed by atoms with E-state index in [1.54, 1.807) is 22.7 Å². The number of thiazole rings is 1. The SMILES string of the molecule is NC1=Nc2sc3c(c2CN1c1ccc2ncsc2c1)CCC(C(=O)O)C3. The fraction of sp³-hybridized carbons (Fsp3) is 0.278. The molecule has 1 unspecified atom stereocenters. The first-order valence-electron chi connectivity index (χ1n) is 8.41. The Kier molecular flexibility index (Phi) is 3.51. The number of fused-ring (bicyclic) bond motifs is 4. The highest BCUT2D eigenvalue weighted by atomic mass is 32.1. The van der Waals surface area contributed by atoms with Crippen molar-refractivity contribution in [2.75, 3.05) is 4.90 Å². The number of thiophene rings is 1. The molecule has 3 heterocycles. The van der Waals surface area contributed by atoms with Crippen LogP contribution in [0.2, 0.25) is 0 Å². The number of aromatic nitrogens is 1. The van der Waals surface area contributed by atoms with Gasteiger partial charge in [-0.1, -0.05) is 0 Å². The maximum Gasteiger partial charge on any atom is 0.306 e. The van der Waals surface area contributed by atoms with Gasteiger partial charge in [0.1, 0.15) is 5.00 Å². The summed E-state index contributed by atoms with van der Waals surface area (Å²) in [5, 5.41) is 10.3. The molecule has 0 amide bonds. The molecule has 3 N–H and O–H groups in total. The van der Waals surface area contributed by atoms with Crippen molar-refractivity contribution < 1.29 is 9.90 Å². The number of carbonyl (C=O) groups is 1. The third-order valence-electron chi connectivity index (χ3n) is 5.14. The lowest BCUT2D eigenvalue weighted by molar-refractivity contribution is -0.142. The van der Waals surface area contributed by atoms with E-state index in [1.165, 1.54) is 11.1 Å². The average molecular weight is 384 g/mol. The summed E-state index contributed by atoms with van der Waals surface area (Å²) in [5.41, 5.74) is 12.6. The van der Waals surface area contributed by atoms with Gasteiger partial charge in [0, 0.05) is 16.1 Å². The Morgan fingerprint density at radius 3 is 3.08 bits per heavy atom. The van der Waals surface area contributed by atoms with Crippen molar-refractivity contribution in [1.29, 1.82) is 0 Å². The van der Waals surface area contributed by atoms with Gasteiger partial charge in [0.05, 0.1) is 28.2 Å². The van der Waals surface area contributed by atoms with Crippen molar-refractivity contribution in [3.63, 3.8) is 0 Å². The van der Waals surface area contributed by atoms with Crippen LogP contribution in [0.5, 0.6) is 0 Å². The minimum Gasteiger partial charge on any atom is -0.481 e. The summed E-state index contributed by atoms with van der Waals surface area (Å²) >= 11 is 3.21. The minimum absolute atomic E-state index is 0.284. The number of rotatable bonds is 2. The summed E-state index contributed by atoms with van der Waals surface area (Å²) in [6, 6.07) is 6.12. The number of carboxylic acids is 1. The van der Waals surface area contributed by atoms with E-state index in [-0.39, 0.29) is 5.92 Å². The molecule has 1 aromatic carbocycles. The molecule has 5 rings (SSSR count). The van der Waals surface area contributed by atoms with Gasteiger partial charge in [0.15, 0.2) is 0 Å². The molecule has 8 heteroatoms. The van der Waals surface area contributed by atoms with Crippen LogP contribution in [0.15, 0.2) is 28.7 Å². The number of benzene rings is 1. The zero-order valence-electron chi connectivity index (χ0n) is 13.8. The smallest absolute Gasteiger partial charge is 0.306 e. The van der Waals surface area contributed by atoms with E-state index in [0.29, 0.717) is 25.3 Å². The van der Waals surface area contributed by atoms with E-state index >= 15 is 0 Å². The Bertz CT molecular complexity index is 1070. The van der Waals surface area contributed by atoms with Gasteiger partial charge in [0.25, 0.3) is 0 Å². The van der Waals surface area contributed by atoms with Crippen LogP contribution in [0, 0.1) is 5.92 Å². The molecule has 2 aliphatic rings.